The number of hydrogen-bond acceptors (Lipinski definition) is 5. The number of aromatic nitrogens is 2. The first kappa shape index (κ1) is 21.0. The van der Waals surface area contributed by atoms with Crippen LogP contribution in [0.4, 0.5) is 16.2 Å². The number of rotatable bonds is 6. The third-order valence-electron chi connectivity index (χ3n) is 5.52. The van der Waals surface area contributed by atoms with Crippen LogP contribution in [0.1, 0.15) is 47.2 Å². The summed E-state index contributed by atoms with van der Waals surface area (Å²) < 4.78 is 13.4. The van der Waals surface area contributed by atoms with Gasteiger partial charge in [-0.1, -0.05) is 0 Å². The maximum Gasteiger partial charge on any atom is 0.251 e. The molecule has 1 aliphatic rings. The number of aryl methyl sites for hydroxylation is 2. The van der Waals surface area contributed by atoms with Crippen LogP contribution in [-0.4, -0.2) is 42.6 Å². The third-order valence-corrected chi connectivity index (χ3v) is 5.52. The highest BCUT2D eigenvalue weighted by molar-refractivity contribution is 5.94. The van der Waals surface area contributed by atoms with E-state index in [2.05, 4.69) is 20.6 Å². The van der Waals surface area contributed by atoms with E-state index < -0.39 is 0 Å². The van der Waals surface area contributed by atoms with Gasteiger partial charge in [0.15, 0.2) is 0 Å². The summed E-state index contributed by atoms with van der Waals surface area (Å²) in [5.41, 5.74) is 2.05. The van der Waals surface area contributed by atoms with Gasteiger partial charge in [0, 0.05) is 44.0 Å². The zero-order chi connectivity index (χ0) is 21.0. The van der Waals surface area contributed by atoms with Crippen LogP contribution in [-0.2, 0) is 0 Å². The maximum atomic E-state index is 13.4. The van der Waals surface area contributed by atoms with Crippen molar-refractivity contribution < 1.29 is 9.18 Å². The summed E-state index contributed by atoms with van der Waals surface area (Å²) in [5, 5.41) is 6.45. The van der Waals surface area contributed by atoms with Gasteiger partial charge in [0.2, 0.25) is 5.95 Å². The second-order valence-corrected chi connectivity index (χ2v) is 8.13. The topological polar surface area (TPSA) is 70.2 Å². The van der Waals surface area contributed by atoms with Crippen molar-refractivity contribution in [1.82, 2.24) is 15.3 Å². The van der Waals surface area contributed by atoms with Crippen molar-refractivity contribution in [3.05, 3.63) is 46.9 Å². The van der Waals surface area contributed by atoms with Crippen LogP contribution in [0.2, 0.25) is 0 Å². The molecule has 2 aromatic rings. The van der Waals surface area contributed by atoms with Crippen LogP contribution in [0, 0.1) is 25.6 Å². The van der Waals surface area contributed by atoms with Gasteiger partial charge in [-0.25, -0.2) is 9.37 Å². The molecule has 0 aliphatic heterocycles. The van der Waals surface area contributed by atoms with Crippen molar-refractivity contribution >= 4 is 17.7 Å². The fourth-order valence-electron chi connectivity index (χ4n) is 3.77. The number of hydrogen-bond donors (Lipinski definition) is 2. The Hall–Kier alpha value is -2.70. The van der Waals surface area contributed by atoms with E-state index in [1.807, 2.05) is 32.1 Å². The molecule has 29 heavy (non-hydrogen) atoms. The average Bonchev–Trinajstić information content (AvgIpc) is 2.70. The van der Waals surface area contributed by atoms with Gasteiger partial charge in [-0.05, 0) is 69.2 Å². The minimum Gasteiger partial charge on any atom is -0.362 e. The monoisotopic (exact) mass is 399 g/mol. The van der Waals surface area contributed by atoms with E-state index in [1.54, 1.807) is 13.0 Å². The zero-order valence-corrected chi connectivity index (χ0v) is 17.6. The first-order chi connectivity index (χ1) is 13.8. The van der Waals surface area contributed by atoms with Crippen LogP contribution >= 0.6 is 0 Å². The lowest BCUT2D eigenvalue weighted by atomic mass is 9.86. The fraction of sp³-hybridized carbons (Fsp3) is 0.500. The molecule has 1 heterocycles. The molecule has 156 valence electrons. The van der Waals surface area contributed by atoms with E-state index in [1.165, 1.54) is 12.1 Å². The first-order valence-electron chi connectivity index (χ1n) is 10.2. The van der Waals surface area contributed by atoms with E-state index in [0.717, 1.165) is 37.1 Å². The van der Waals surface area contributed by atoms with Gasteiger partial charge in [0.05, 0.1) is 0 Å². The summed E-state index contributed by atoms with van der Waals surface area (Å²) in [6.07, 6.45) is 5.96. The average molecular weight is 400 g/mol. The van der Waals surface area contributed by atoms with Gasteiger partial charge in [-0.15, -0.1) is 0 Å². The molecule has 1 aliphatic carbocycles. The second kappa shape index (κ2) is 9.20. The molecule has 1 aromatic heterocycles. The molecule has 0 unspecified atom stereocenters. The SMILES string of the molecule is Cc1cc(C(=O)NC[C@H]2CC[C@@H](Nc3ncc(C)c(N(C)C)n3)CC2)ccc1F. The van der Waals surface area contributed by atoms with E-state index >= 15 is 0 Å². The Bertz CT molecular complexity index is 862. The molecule has 7 heteroatoms. The van der Waals surface area contributed by atoms with Gasteiger partial charge in [-0.2, -0.15) is 4.98 Å². The number of benzene rings is 1. The lowest BCUT2D eigenvalue weighted by Gasteiger charge is -2.29. The minimum atomic E-state index is -0.289. The van der Waals surface area contributed by atoms with Crippen LogP contribution in [0.15, 0.2) is 24.4 Å². The Morgan fingerprint density at radius 3 is 2.55 bits per heavy atom. The molecule has 1 aromatic carbocycles. The minimum absolute atomic E-state index is 0.141. The molecule has 0 atom stereocenters. The largest absolute Gasteiger partial charge is 0.362 e. The van der Waals surface area contributed by atoms with Crippen molar-refractivity contribution in [2.45, 2.75) is 45.6 Å². The number of nitrogens with zero attached hydrogens (tertiary/aromatic N) is 3. The van der Waals surface area contributed by atoms with E-state index in [-0.39, 0.29) is 11.7 Å². The zero-order valence-electron chi connectivity index (χ0n) is 17.6. The summed E-state index contributed by atoms with van der Waals surface area (Å²) in [4.78, 5) is 23.3. The van der Waals surface area contributed by atoms with E-state index in [0.29, 0.717) is 35.6 Å². The molecule has 1 amide bonds. The molecular formula is C22H30FN5O. The Morgan fingerprint density at radius 1 is 1.17 bits per heavy atom. The highest BCUT2D eigenvalue weighted by atomic mass is 19.1. The molecule has 0 saturated heterocycles. The van der Waals surface area contributed by atoms with Gasteiger partial charge in [0.25, 0.3) is 5.91 Å². The van der Waals surface area contributed by atoms with Crippen molar-refractivity contribution in [2.24, 2.45) is 5.92 Å². The van der Waals surface area contributed by atoms with E-state index in [4.69, 9.17) is 0 Å². The van der Waals surface area contributed by atoms with Crippen LogP contribution in [0.25, 0.3) is 0 Å². The Labute approximate surface area is 171 Å². The number of halogens is 1. The van der Waals surface area contributed by atoms with Crippen LogP contribution in [0.5, 0.6) is 0 Å². The Kier molecular flexibility index (Phi) is 6.67. The van der Waals surface area contributed by atoms with Crippen molar-refractivity contribution in [3.8, 4) is 0 Å². The lowest BCUT2D eigenvalue weighted by molar-refractivity contribution is 0.0943. The normalized spacial score (nSPS) is 18.9. The third kappa shape index (κ3) is 5.43. The number of amides is 1. The standard InChI is InChI=1S/C22H30FN5O/c1-14-11-17(7-10-19(14)23)21(29)24-13-16-5-8-18(9-6-16)26-22-25-12-15(2)20(27-22)28(3)4/h7,10-12,16,18H,5-6,8-9,13H2,1-4H3,(H,24,29)(H,25,26,27)/t16-,18+. The predicted molar refractivity (Wildman–Crippen MR) is 114 cm³/mol. The maximum absolute atomic E-state index is 13.4. The Morgan fingerprint density at radius 2 is 1.90 bits per heavy atom. The Balaban J connectivity index is 1.46. The number of carbonyl (C=O) groups excluding carboxylic acids is 1. The number of carbonyl (C=O) groups is 1. The van der Waals surface area contributed by atoms with Gasteiger partial charge in [-0.3, -0.25) is 4.79 Å². The molecule has 3 rings (SSSR count). The van der Waals surface area contributed by atoms with Crippen molar-refractivity contribution in [1.29, 1.82) is 0 Å². The van der Waals surface area contributed by atoms with Crippen LogP contribution in [0.3, 0.4) is 0 Å². The molecule has 0 bridgehead atoms. The first-order valence-corrected chi connectivity index (χ1v) is 10.2. The van der Waals surface area contributed by atoms with Gasteiger partial charge in [0.1, 0.15) is 11.6 Å². The number of anilines is 2. The second-order valence-electron chi connectivity index (χ2n) is 8.13. The smallest absolute Gasteiger partial charge is 0.251 e. The van der Waals surface area contributed by atoms with Crippen molar-refractivity contribution in [2.75, 3.05) is 30.9 Å². The highest BCUT2D eigenvalue weighted by Crippen LogP contribution is 2.26. The van der Waals surface area contributed by atoms with E-state index in [9.17, 15) is 9.18 Å². The highest BCUT2D eigenvalue weighted by Gasteiger charge is 2.22. The van der Waals surface area contributed by atoms with Crippen molar-refractivity contribution in [3.63, 3.8) is 0 Å². The predicted octanol–water partition coefficient (Wildman–Crippen LogP) is 3.70. The fourth-order valence-corrected chi connectivity index (χ4v) is 3.77. The molecule has 1 fully saturated rings. The molecule has 1 saturated carbocycles. The molecule has 0 spiro atoms. The lowest BCUT2D eigenvalue weighted by Crippen LogP contribution is -2.34. The summed E-state index contributed by atoms with van der Waals surface area (Å²) in [6, 6.07) is 4.81. The van der Waals surface area contributed by atoms with Gasteiger partial charge < -0.3 is 15.5 Å². The molecular weight excluding hydrogens is 369 g/mol. The quantitative estimate of drug-likeness (QED) is 0.775. The summed E-state index contributed by atoms with van der Waals surface area (Å²) in [7, 11) is 3.96. The van der Waals surface area contributed by atoms with Gasteiger partial charge >= 0.3 is 0 Å². The molecule has 6 nitrogen and oxygen atoms in total. The number of nitrogens with one attached hydrogen (secondary N) is 2. The summed E-state index contributed by atoms with van der Waals surface area (Å²) in [6.45, 7) is 4.32. The summed E-state index contributed by atoms with van der Waals surface area (Å²) >= 11 is 0. The molecule has 0 radical (unpaired) electrons. The molecule has 2 N–H and O–H groups in total. The summed E-state index contributed by atoms with van der Waals surface area (Å²) in [5.74, 6) is 1.62. The van der Waals surface area contributed by atoms with Crippen LogP contribution < -0.4 is 15.5 Å².